The summed E-state index contributed by atoms with van der Waals surface area (Å²) in [4.78, 5) is 42.3. The molecule has 0 saturated carbocycles. The van der Waals surface area contributed by atoms with Crippen molar-refractivity contribution in [3.05, 3.63) is 153 Å². The van der Waals surface area contributed by atoms with E-state index in [0.717, 1.165) is 44.5 Å². The maximum absolute atomic E-state index is 14.1. The lowest BCUT2D eigenvalue weighted by molar-refractivity contribution is -0.147. The van der Waals surface area contributed by atoms with Gasteiger partial charge in [-0.1, -0.05) is 84.4 Å². The summed E-state index contributed by atoms with van der Waals surface area (Å²) in [5.74, 6) is -0.397. The van der Waals surface area contributed by atoms with Crippen molar-refractivity contribution >= 4 is 46.6 Å². The van der Waals surface area contributed by atoms with Crippen LogP contribution in [0.4, 0.5) is 0 Å². The van der Waals surface area contributed by atoms with Crippen LogP contribution in [0.1, 0.15) is 52.8 Å². The van der Waals surface area contributed by atoms with Crippen molar-refractivity contribution in [3.63, 3.8) is 0 Å². The van der Waals surface area contributed by atoms with Crippen LogP contribution in [-0.4, -0.2) is 59.6 Å². The highest BCUT2D eigenvalue weighted by Crippen LogP contribution is 2.41. The third-order valence-electron chi connectivity index (χ3n) is 11.0. The molecule has 2 amide bonds. The SMILES string of the molecule is C=C/C=C(\C(C)=C/N)c1ccc(C[C@H](NC(=O)[C@@H]2Cc3cc4c(cc3CN2C(=O)[C@@H]2CCNC2)O[C@@H](c2ccc(OCc3ccc(Cl)c(Cl)c3)cc2)CO4)C(=O)O)cc1. The number of fused-ring (bicyclic) bond motifs is 2. The molecule has 4 aromatic rings. The first kappa shape index (κ1) is 41.4. The van der Waals surface area contributed by atoms with Crippen molar-refractivity contribution in [1.82, 2.24) is 15.5 Å². The first-order valence-electron chi connectivity index (χ1n) is 19.5. The van der Waals surface area contributed by atoms with Crippen LogP contribution >= 0.6 is 23.2 Å². The Bertz CT molecular complexity index is 2290. The summed E-state index contributed by atoms with van der Waals surface area (Å²) in [5, 5.41) is 17.2. The molecule has 3 heterocycles. The average molecular weight is 838 g/mol. The fourth-order valence-corrected chi connectivity index (χ4v) is 7.96. The topological polar surface area (TPSA) is 152 Å². The van der Waals surface area contributed by atoms with Gasteiger partial charge in [-0.05, 0) is 107 Å². The van der Waals surface area contributed by atoms with E-state index in [1.54, 1.807) is 23.1 Å². The maximum atomic E-state index is 14.1. The van der Waals surface area contributed by atoms with E-state index in [1.807, 2.05) is 79.7 Å². The van der Waals surface area contributed by atoms with E-state index in [-0.39, 0.29) is 37.8 Å². The number of benzene rings is 4. The van der Waals surface area contributed by atoms with E-state index < -0.39 is 30.1 Å². The molecule has 1 fully saturated rings. The monoisotopic (exact) mass is 836 g/mol. The van der Waals surface area contributed by atoms with Crippen LogP contribution in [0.5, 0.6) is 17.2 Å². The molecule has 0 aromatic heterocycles. The number of hydrogen-bond acceptors (Lipinski definition) is 8. The zero-order valence-corrected chi connectivity index (χ0v) is 34.1. The normalized spacial score (nSPS) is 19.4. The van der Waals surface area contributed by atoms with E-state index in [2.05, 4.69) is 17.2 Å². The van der Waals surface area contributed by atoms with Gasteiger partial charge in [-0.2, -0.15) is 0 Å². The lowest BCUT2D eigenvalue weighted by atomic mass is 9.90. The van der Waals surface area contributed by atoms with E-state index in [0.29, 0.717) is 53.4 Å². The molecule has 0 radical (unpaired) electrons. The highest BCUT2D eigenvalue weighted by atomic mass is 35.5. The van der Waals surface area contributed by atoms with Gasteiger partial charge in [-0.25, -0.2) is 4.79 Å². The van der Waals surface area contributed by atoms with Crippen LogP contribution in [0.3, 0.4) is 0 Å². The summed E-state index contributed by atoms with van der Waals surface area (Å²) >= 11 is 12.2. The average Bonchev–Trinajstić information content (AvgIpc) is 3.80. The molecule has 4 atom stereocenters. The molecule has 0 unspecified atom stereocenters. The zero-order chi connectivity index (χ0) is 41.6. The van der Waals surface area contributed by atoms with Crippen molar-refractivity contribution in [1.29, 1.82) is 0 Å². The molecular formula is C46H46Cl2N4O7. The number of halogens is 2. The number of carbonyl (C=O) groups excluding carboxylic acids is 2. The number of amides is 2. The Balaban J connectivity index is 1.05. The Morgan fingerprint density at radius 3 is 2.44 bits per heavy atom. The summed E-state index contributed by atoms with van der Waals surface area (Å²) in [7, 11) is 0. The van der Waals surface area contributed by atoms with Gasteiger partial charge in [-0.15, -0.1) is 0 Å². The van der Waals surface area contributed by atoms with Gasteiger partial charge in [0.15, 0.2) is 17.6 Å². The highest BCUT2D eigenvalue weighted by Gasteiger charge is 2.40. The van der Waals surface area contributed by atoms with Crippen molar-refractivity contribution in [2.75, 3.05) is 19.7 Å². The van der Waals surface area contributed by atoms with Crippen LogP contribution in [0, 0.1) is 5.92 Å². The Hall–Kier alpha value is -5.75. The molecule has 0 aliphatic carbocycles. The number of carbonyl (C=O) groups is 3. The number of allylic oxidation sites excluding steroid dienone is 4. The third kappa shape index (κ3) is 9.60. The molecule has 0 bridgehead atoms. The lowest BCUT2D eigenvalue weighted by Crippen LogP contribution is -2.57. The summed E-state index contributed by atoms with van der Waals surface area (Å²) in [6.07, 6.45) is 5.55. The number of rotatable bonds is 13. The second-order valence-corrected chi connectivity index (χ2v) is 15.7. The van der Waals surface area contributed by atoms with Crippen LogP contribution in [0.25, 0.3) is 5.57 Å². The number of carboxylic acids is 1. The highest BCUT2D eigenvalue weighted by molar-refractivity contribution is 6.42. The predicted octanol–water partition coefficient (Wildman–Crippen LogP) is 7.19. The second kappa shape index (κ2) is 18.4. The fraction of sp³-hybridized carbons (Fsp3) is 0.283. The minimum Gasteiger partial charge on any atom is -0.489 e. The Labute approximate surface area is 353 Å². The van der Waals surface area contributed by atoms with Crippen molar-refractivity contribution in [2.24, 2.45) is 11.7 Å². The molecule has 1 saturated heterocycles. The Morgan fingerprint density at radius 1 is 1.02 bits per heavy atom. The first-order chi connectivity index (χ1) is 28.5. The molecule has 4 aromatic carbocycles. The van der Waals surface area contributed by atoms with Gasteiger partial charge in [0.1, 0.15) is 31.0 Å². The Morgan fingerprint density at radius 2 is 1.76 bits per heavy atom. The minimum absolute atomic E-state index is 0.0473. The standard InChI is InChI=1S/C46H46Cl2N4O7/c1-3-4-36(27(2)22-49)30-8-5-28(6-9-30)18-39(46(55)56)51-44(53)40-19-33-20-41-42(21-34(33)24-52(40)45(54)32-15-16-50-23-32)59-43(26-58-41)31-10-12-35(13-11-31)57-25-29-7-14-37(47)38(48)17-29/h3-14,17,20-22,32,39-40,43,50H,1,15-16,18-19,23-26,49H2,2H3,(H,51,53)(H,55,56)/b27-22-,36-4+/t32-,39+,40+,43-/m1/s1. The molecule has 59 heavy (non-hydrogen) atoms. The number of aliphatic carboxylic acids is 1. The van der Waals surface area contributed by atoms with Crippen molar-refractivity contribution < 1.29 is 33.7 Å². The summed E-state index contributed by atoms with van der Waals surface area (Å²) < 4.78 is 18.6. The molecule has 11 nitrogen and oxygen atoms in total. The third-order valence-corrected chi connectivity index (χ3v) is 11.7. The molecule has 306 valence electrons. The largest absolute Gasteiger partial charge is 0.489 e. The zero-order valence-electron chi connectivity index (χ0n) is 32.6. The number of nitrogens with one attached hydrogen (secondary N) is 2. The lowest BCUT2D eigenvalue weighted by Gasteiger charge is -2.38. The molecule has 3 aliphatic heterocycles. The molecule has 13 heteroatoms. The summed E-state index contributed by atoms with van der Waals surface area (Å²) in [5.41, 5.74) is 12.6. The fourth-order valence-electron chi connectivity index (χ4n) is 7.64. The van der Waals surface area contributed by atoms with Crippen LogP contribution in [-0.2, 0) is 40.4 Å². The molecule has 7 rings (SSSR count). The van der Waals surface area contributed by atoms with Crippen molar-refractivity contribution in [2.45, 2.75) is 57.5 Å². The van der Waals surface area contributed by atoms with Gasteiger partial charge in [0.25, 0.3) is 0 Å². The number of hydrogen-bond donors (Lipinski definition) is 4. The predicted molar refractivity (Wildman–Crippen MR) is 227 cm³/mol. The molecule has 3 aliphatic rings. The summed E-state index contributed by atoms with van der Waals surface area (Å²) in [6, 6.07) is 22.0. The molecule has 5 N–H and O–H groups in total. The molecular weight excluding hydrogens is 791 g/mol. The quantitative estimate of drug-likeness (QED) is 0.103. The maximum Gasteiger partial charge on any atom is 0.326 e. The van der Waals surface area contributed by atoms with Crippen molar-refractivity contribution in [3.8, 4) is 17.2 Å². The van der Waals surface area contributed by atoms with Gasteiger partial charge < -0.3 is 40.6 Å². The number of ether oxygens (including phenoxy) is 3. The van der Waals surface area contributed by atoms with E-state index in [9.17, 15) is 19.5 Å². The van der Waals surface area contributed by atoms with E-state index >= 15 is 0 Å². The van der Waals surface area contributed by atoms with Crippen LogP contribution in [0.15, 0.2) is 109 Å². The van der Waals surface area contributed by atoms with Gasteiger partial charge in [0.05, 0.1) is 16.0 Å². The smallest absolute Gasteiger partial charge is 0.326 e. The van der Waals surface area contributed by atoms with Gasteiger partial charge in [0, 0.05) is 25.9 Å². The van der Waals surface area contributed by atoms with Gasteiger partial charge in [-0.3, -0.25) is 9.59 Å². The summed E-state index contributed by atoms with van der Waals surface area (Å²) in [6.45, 7) is 7.64. The van der Waals surface area contributed by atoms with E-state index in [1.165, 1.54) is 6.20 Å². The number of nitrogens with zero attached hydrogens (tertiary/aromatic N) is 1. The van der Waals surface area contributed by atoms with E-state index in [4.69, 9.17) is 43.1 Å². The Kier molecular flexibility index (Phi) is 12.9. The van der Waals surface area contributed by atoms with Crippen LogP contribution < -0.4 is 30.6 Å². The first-order valence-corrected chi connectivity index (χ1v) is 20.2. The second-order valence-electron chi connectivity index (χ2n) is 14.9. The van der Waals surface area contributed by atoms with Crippen LogP contribution in [0.2, 0.25) is 10.0 Å². The number of nitrogens with two attached hydrogens (primary N) is 1. The minimum atomic E-state index is -1.23. The van der Waals surface area contributed by atoms with Gasteiger partial charge in [0.2, 0.25) is 11.8 Å². The van der Waals surface area contributed by atoms with Gasteiger partial charge >= 0.3 is 5.97 Å². The molecule has 0 spiro atoms. The number of carboxylic acid groups (broad SMARTS) is 1.